The Balaban J connectivity index is 0. The number of hydrogen-bond donors (Lipinski definition) is 15. The van der Waals surface area contributed by atoms with E-state index in [-0.39, 0.29) is 33.0 Å². The second-order valence-electron chi connectivity index (χ2n) is 15.8. The van der Waals surface area contributed by atoms with E-state index in [1.54, 1.807) is 20.8 Å². The minimum Gasteiger partial charge on any atom is -0.478 e. The number of carbonyl (C=O) groups excluding carboxylic acids is 5. The van der Waals surface area contributed by atoms with Crippen molar-refractivity contribution >= 4 is 47.5 Å². The number of rotatable bonds is 21. The van der Waals surface area contributed by atoms with Crippen molar-refractivity contribution in [1.82, 2.24) is 21.3 Å². The lowest BCUT2D eigenvalue weighted by Crippen LogP contribution is -2.46. The fourth-order valence-corrected chi connectivity index (χ4v) is 5.00. The summed E-state index contributed by atoms with van der Waals surface area (Å²) in [5, 5.41) is 108. The largest absolute Gasteiger partial charge is 0.478 e. The maximum absolute atomic E-state index is 11.6. The number of carboxylic acids is 3. The Labute approximate surface area is 369 Å². The number of carbonyl (C=O) groups is 8. The fraction of sp³-hybridized carbons (Fsp3) is 0.600. The van der Waals surface area contributed by atoms with Crippen LogP contribution in [0.25, 0.3) is 0 Å². The number of amides is 4. The average molecular weight is 921 g/mol. The molecule has 24 nitrogen and oxygen atoms in total. The van der Waals surface area contributed by atoms with Crippen LogP contribution in [-0.4, -0.2) is 161 Å². The Hall–Kier alpha value is -5.60. The van der Waals surface area contributed by atoms with E-state index in [0.29, 0.717) is 25.7 Å². The molecule has 0 aromatic carbocycles. The molecule has 4 atom stereocenters. The summed E-state index contributed by atoms with van der Waals surface area (Å²) in [5.74, 6) is -6.98. The molecule has 0 radical (unpaired) electrons. The highest BCUT2D eigenvalue weighted by atomic mass is 16.5. The lowest BCUT2D eigenvalue weighted by atomic mass is 9.80. The van der Waals surface area contributed by atoms with Crippen molar-refractivity contribution in [3.8, 4) is 0 Å². The van der Waals surface area contributed by atoms with Gasteiger partial charge in [0.15, 0.2) is 0 Å². The van der Waals surface area contributed by atoms with Crippen molar-refractivity contribution in [2.45, 2.75) is 97.6 Å². The molecule has 2 aliphatic rings. The van der Waals surface area contributed by atoms with Crippen LogP contribution in [-0.2, 0) is 43.1 Å². The Bertz CT molecular complexity index is 1620. The molecule has 0 heterocycles. The standard InChI is InChI=1S/C11H17NO5.C11H19NO5.C9H13NO5.C9H15NO5/c13-7-11(4-1-2-5-11)9(16)10(17)12-6-3-8(14)15;1-4-17-8(14)5-6-12-10(16)9(15)11(2,3)7-13;11-5-9(2-3-9)7(14)8(15)10-4-1-6(12)13;1-9(2,5-11)7(14)8(15)10-4-3-6(12)13/h3,6,9,13,16H,1-2,4-5,7H2,(H,12,17)(H,14,15);5-6,9,13,15H,4,7H2,1-3H3,(H,12,16);1,4,7,11,14H,2-3,5H2,(H,10,15)(H,12,13);3-4,7,11,14H,5H2,1-2H3,(H,10,15)(H,12,13)/b6-3-;6-5-;4-1-;4-3-/t2*9-;2*7-/m1111/s1. The van der Waals surface area contributed by atoms with Crippen molar-refractivity contribution in [2.24, 2.45) is 21.7 Å². The highest BCUT2D eigenvalue weighted by Crippen LogP contribution is 2.48. The molecule has 2 aliphatic carbocycles. The van der Waals surface area contributed by atoms with Crippen LogP contribution in [0.4, 0.5) is 0 Å². The Kier molecular flexibility index (Phi) is 28.1. The third-order valence-corrected chi connectivity index (χ3v) is 9.66. The lowest BCUT2D eigenvalue weighted by Gasteiger charge is -2.30. The van der Waals surface area contributed by atoms with Crippen LogP contribution in [0.15, 0.2) is 49.1 Å². The summed E-state index contributed by atoms with van der Waals surface area (Å²) in [4.78, 5) is 86.6. The molecule has 15 N–H and O–H groups in total. The Morgan fingerprint density at radius 1 is 0.531 bits per heavy atom. The molecular weight excluding hydrogens is 856 g/mol. The number of aliphatic carboxylic acids is 3. The molecule has 4 amide bonds. The van der Waals surface area contributed by atoms with Crippen molar-refractivity contribution in [2.75, 3.05) is 33.0 Å². The number of carboxylic acid groups (broad SMARTS) is 3. The van der Waals surface area contributed by atoms with Crippen molar-refractivity contribution in [3.05, 3.63) is 49.1 Å². The van der Waals surface area contributed by atoms with E-state index in [1.165, 1.54) is 13.8 Å². The van der Waals surface area contributed by atoms with Crippen LogP contribution in [0.1, 0.15) is 73.1 Å². The predicted octanol–water partition coefficient (Wildman–Crippen LogP) is -2.91. The summed E-state index contributed by atoms with van der Waals surface area (Å²) in [6.45, 7) is 6.85. The first kappa shape index (κ1) is 60.5. The van der Waals surface area contributed by atoms with E-state index >= 15 is 0 Å². The molecule has 0 aliphatic heterocycles. The van der Waals surface area contributed by atoms with Crippen LogP contribution >= 0.6 is 0 Å². The summed E-state index contributed by atoms with van der Waals surface area (Å²) < 4.78 is 4.59. The van der Waals surface area contributed by atoms with Gasteiger partial charge in [-0.25, -0.2) is 19.2 Å². The van der Waals surface area contributed by atoms with Gasteiger partial charge in [0.2, 0.25) is 0 Å². The van der Waals surface area contributed by atoms with Crippen molar-refractivity contribution in [1.29, 1.82) is 0 Å². The molecule has 2 saturated carbocycles. The lowest BCUT2D eigenvalue weighted by molar-refractivity contribution is -0.138. The summed E-state index contributed by atoms with van der Waals surface area (Å²) in [5.41, 5.74) is -3.41. The zero-order chi connectivity index (χ0) is 49.9. The minimum atomic E-state index is -1.40. The van der Waals surface area contributed by atoms with Gasteiger partial charge < -0.3 is 82.2 Å². The van der Waals surface area contributed by atoms with Crippen molar-refractivity contribution < 1.29 is 99.3 Å². The van der Waals surface area contributed by atoms with Gasteiger partial charge in [-0.1, -0.05) is 40.5 Å². The van der Waals surface area contributed by atoms with Gasteiger partial charge in [0.1, 0.15) is 24.4 Å². The zero-order valence-corrected chi connectivity index (χ0v) is 36.3. The second kappa shape index (κ2) is 29.7. The summed E-state index contributed by atoms with van der Waals surface area (Å²) in [6, 6.07) is 0. The molecule has 0 saturated heterocycles. The normalized spacial score (nSPS) is 16.9. The van der Waals surface area contributed by atoms with E-state index in [9.17, 15) is 63.9 Å². The SMILES string of the molecule is CC(C)(CO)[C@H](O)C(=O)N/C=C\C(=O)O.CCOC(=O)/C=C\NC(=O)[C@@H](O)C(C)(C)CO.O=C(O)/C=C\NC(=O)[C@@H](O)C1(CO)CC1.O=C(O)/C=C\NC(=O)[C@@H](O)C1(CO)CCCC1. The van der Waals surface area contributed by atoms with Gasteiger partial charge in [-0.05, 0) is 32.6 Å². The monoisotopic (exact) mass is 920 g/mol. The van der Waals surface area contributed by atoms with Crippen LogP contribution in [0.3, 0.4) is 0 Å². The molecule has 2 rings (SSSR count). The average Bonchev–Trinajstić information content (AvgIpc) is 3.89. The summed E-state index contributed by atoms with van der Waals surface area (Å²) in [6.07, 6.45) is 5.99. The highest BCUT2D eigenvalue weighted by molar-refractivity contribution is 5.87. The fourth-order valence-electron chi connectivity index (χ4n) is 5.00. The topological polar surface area (TPSA) is 416 Å². The maximum atomic E-state index is 11.6. The van der Waals surface area contributed by atoms with E-state index in [2.05, 4.69) is 26.0 Å². The third kappa shape index (κ3) is 22.7. The third-order valence-electron chi connectivity index (χ3n) is 9.66. The van der Waals surface area contributed by atoms with Crippen molar-refractivity contribution in [3.63, 3.8) is 0 Å². The predicted molar refractivity (Wildman–Crippen MR) is 221 cm³/mol. The van der Waals surface area contributed by atoms with Gasteiger partial charge in [-0.2, -0.15) is 0 Å². The van der Waals surface area contributed by atoms with Crippen LogP contribution in [0.2, 0.25) is 0 Å². The van der Waals surface area contributed by atoms with Gasteiger partial charge in [-0.15, -0.1) is 0 Å². The van der Waals surface area contributed by atoms with E-state index in [4.69, 9.17) is 30.6 Å². The molecule has 24 heteroatoms. The Morgan fingerprint density at radius 3 is 1.09 bits per heavy atom. The number of nitrogens with one attached hydrogen (secondary N) is 4. The molecule has 0 spiro atoms. The second-order valence-corrected chi connectivity index (χ2v) is 15.8. The number of esters is 1. The molecule has 2 fully saturated rings. The minimum absolute atomic E-state index is 0.246. The number of ether oxygens (including phenoxy) is 1. The number of hydrogen-bond acceptors (Lipinski definition) is 17. The van der Waals surface area contributed by atoms with Gasteiger partial charge in [0, 0.05) is 70.8 Å². The van der Waals surface area contributed by atoms with Gasteiger partial charge >= 0.3 is 23.9 Å². The van der Waals surface area contributed by atoms with Gasteiger partial charge in [0.05, 0.1) is 33.0 Å². The first-order valence-electron chi connectivity index (χ1n) is 19.6. The highest BCUT2D eigenvalue weighted by Gasteiger charge is 2.51. The molecule has 0 aromatic rings. The summed E-state index contributed by atoms with van der Waals surface area (Å²) in [7, 11) is 0. The Morgan fingerprint density at radius 2 is 0.828 bits per heavy atom. The van der Waals surface area contributed by atoms with E-state index < -0.39 is 93.6 Å². The first-order chi connectivity index (χ1) is 29.7. The molecule has 364 valence electrons. The van der Waals surface area contributed by atoms with Crippen LogP contribution in [0, 0.1) is 21.7 Å². The number of aliphatic hydroxyl groups is 8. The number of aliphatic hydroxyl groups excluding tert-OH is 8. The molecular formula is C40H64N4O20. The van der Waals surface area contributed by atoms with E-state index in [1.807, 2.05) is 0 Å². The molecule has 0 aromatic heterocycles. The van der Waals surface area contributed by atoms with Crippen LogP contribution in [0.5, 0.6) is 0 Å². The molecule has 64 heavy (non-hydrogen) atoms. The summed E-state index contributed by atoms with van der Waals surface area (Å²) >= 11 is 0. The zero-order valence-electron chi connectivity index (χ0n) is 36.3. The first-order valence-corrected chi connectivity index (χ1v) is 19.6. The smallest absolute Gasteiger partial charge is 0.332 e. The van der Waals surface area contributed by atoms with Crippen LogP contribution < -0.4 is 21.3 Å². The molecule has 0 bridgehead atoms. The molecule has 0 unspecified atom stereocenters. The maximum Gasteiger partial charge on any atom is 0.332 e. The quantitative estimate of drug-likeness (QED) is 0.0405. The van der Waals surface area contributed by atoms with Gasteiger partial charge in [-0.3, -0.25) is 19.2 Å². The van der Waals surface area contributed by atoms with E-state index in [0.717, 1.165) is 61.9 Å². The van der Waals surface area contributed by atoms with Gasteiger partial charge in [0.25, 0.3) is 23.6 Å².